The van der Waals surface area contributed by atoms with Gasteiger partial charge in [-0.25, -0.2) is 18.2 Å². The van der Waals surface area contributed by atoms with Gasteiger partial charge in [0.05, 0.1) is 17.3 Å². The molecular weight excluding hydrogens is 685 g/mol. The quantitative estimate of drug-likeness (QED) is 0.193. The number of aromatic nitrogens is 1. The highest BCUT2D eigenvalue weighted by atomic mass is 35.5. The molecule has 246 valence electrons. The molecule has 2 fully saturated rings. The topological polar surface area (TPSA) is 113 Å². The van der Waals surface area contributed by atoms with Crippen LogP contribution < -0.4 is 14.5 Å². The third kappa shape index (κ3) is 8.81. The highest BCUT2D eigenvalue weighted by Gasteiger charge is 2.38. The van der Waals surface area contributed by atoms with Crippen molar-refractivity contribution < 1.29 is 46.0 Å². The van der Waals surface area contributed by atoms with Crippen molar-refractivity contribution in [3.63, 3.8) is 0 Å². The standard InChI is InChI=1S/C31H30Cl2F2N2O7S2/c32-23-16-36-17-24(33)22(23)15-26(20-8-9-25(44-31(34)35)27(14-20)42-18-19-6-7-19)43-30(39)29-37(11-12-45-29)28(38)10-13-46(40,41)21-4-2-1-3-5-21/h1-5,8-9,14,16-17,19,26,29,31H,6-7,10-13,15,18H2/p+1/t26-,29-/m0/s1. The Bertz CT molecular complexity index is 1640. The number of halogens is 4. The number of amides is 1. The molecule has 2 atom stereocenters. The van der Waals surface area contributed by atoms with Gasteiger partial charge in [0.1, 0.15) is 16.1 Å². The summed E-state index contributed by atoms with van der Waals surface area (Å²) in [6.07, 6.45) is 3.65. The van der Waals surface area contributed by atoms with Crippen molar-refractivity contribution in [2.75, 3.05) is 24.7 Å². The largest absolute Gasteiger partial charge is 0.489 e. The third-order valence-electron chi connectivity index (χ3n) is 7.47. The first-order valence-corrected chi connectivity index (χ1v) is 17.9. The van der Waals surface area contributed by atoms with E-state index in [0.717, 1.165) is 12.8 Å². The number of rotatable bonds is 14. The number of nitrogens with zero attached hydrogens (tertiary/aromatic N) is 1. The van der Waals surface area contributed by atoms with E-state index in [1.807, 2.05) is 0 Å². The van der Waals surface area contributed by atoms with Gasteiger partial charge in [0, 0.05) is 30.7 Å². The number of carbonyl (C=O) groups excluding carboxylic acids is 2. The monoisotopic (exact) mass is 715 g/mol. The Morgan fingerprint density at radius 3 is 2.43 bits per heavy atom. The molecule has 0 spiro atoms. The molecule has 1 aliphatic carbocycles. The summed E-state index contributed by atoms with van der Waals surface area (Å²) in [4.78, 5) is 31.1. The number of benzene rings is 2. The summed E-state index contributed by atoms with van der Waals surface area (Å²) in [7, 11) is -3.71. The zero-order valence-electron chi connectivity index (χ0n) is 24.4. The number of pyridine rings is 1. The maximum atomic E-state index is 13.7. The van der Waals surface area contributed by atoms with Gasteiger partial charge in [-0.3, -0.25) is 4.79 Å². The van der Waals surface area contributed by atoms with Gasteiger partial charge in [-0.05, 0) is 48.6 Å². The Morgan fingerprint density at radius 2 is 1.76 bits per heavy atom. The normalized spacial score (nSPS) is 17.2. The number of thioether (sulfide) groups is 1. The molecule has 0 bridgehead atoms. The van der Waals surface area contributed by atoms with Crippen LogP contribution in [0, 0.1) is 5.92 Å². The van der Waals surface area contributed by atoms with Crippen LogP contribution in [0.15, 0.2) is 65.8 Å². The molecule has 0 radical (unpaired) electrons. The molecule has 1 N–H and O–H groups in total. The number of carbonyl (C=O) groups is 2. The molecule has 46 heavy (non-hydrogen) atoms. The van der Waals surface area contributed by atoms with Gasteiger partial charge >= 0.3 is 12.6 Å². The molecule has 15 heteroatoms. The van der Waals surface area contributed by atoms with Gasteiger partial charge in [0.2, 0.25) is 5.91 Å². The molecule has 1 aromatic heterocycles. The minimum atomic E-state index is -3.71. The van der Waals surface area contributed by atoms with E-state index in [4.69, 9.17) is 32.7 Å². The van der Waals surface area contributed by atoms with E-state index in [-0.39, 0.29) is 45.8 Å². The first-order valence-electron chi connectivity index (χ1n) is 14.5. The summed E-state index contributed by atoms with van der Waals surface area (Å²) < 4.78 is 68.3. The second-order valence-electron chi connectivity index (χ2n) is 10.8. The number of H-pyrrole nitrogens is 1. The van der Waals surface area contributed by atoms with Crippen LogP contribution in [0.2, 0.25) is 10.0 Å². The molecule has 5 rings (SSSR count). The van der Waals surface area contributed by atoms with E-state index in [2.05, 4.69) is 9.72 Å². The highest BCUT2D eigenvalue weighted by molar-refractivity contribution is 8.00. The predicted molar refractivity (Wildman–Crippen MR) is 168 cm³/mol. The van der Waals surface area contributed by atoms with Crippen molar-refractivity contribution in [2.45, 2.75) is 48.7 Å². The lowest BCUT2D eigenvalue weighted by Gasteiger charge is -2.26. The summed E-state index contributed by atoms with van der Waals surface area (Å²) in [5.74, 6) is -1.00. The van der Waals surface area contributed by atoms with Crippen molar-refractivity contribution in [3.05, 3.63) is 82.1 Å². The van der Waals surface area contributed by atoms with Crippen LogP contribution in [0.5, 0.6) is 11.5 Å². The maximum Gasteiger partial charge on any atom is 0.387 e. The second-order valence-corrected chi connectivity index (χ2v) is 14.9. The van der Waals surface area contributed by atoms with E-state index in [1.54, 1.807) is 18.2 Å². The van der Waals surface area contributed by atoms with Crippen LogP contribution in [-0.2, 0) is 30.6 Å². The Kier molecular flexibility index (Phi) is 11.3. The first kappa shape index (κ1) is 34.2. The van der Waals surface area contributed by atoms with Gasteiger partial charge in [-0.2, -0.15) is 8.78 Å². The molecule has 2 heterocycles. The number of nitrogens with one attached hydrogen (secondary N) is 1. The summed E-state index contributed by atoms with van der Waals surface area (Å²) in [5, 5.41) is -0.470. The molecule has 3 aromatic rings. The van der Waals surface area contributed by atoms with Crippen LogP contribution in [0.4, 0.5) is 8.78 Å². The highest BCUT2D eigenvalue weighted by Crippen LogP contribution is 2.38. The lowest BCUT2D eigenvalue weighted by atomic mass is 10.0. The molecule has 0 unspecified atom stereocenters. The number of aromatic amines is 1. The van der Waals surface area contributed by atoms with Crippen LogP contribution >= 0.6 is 35.0 Å². The van der Waals surface area contributed by atoms with Gasteiger partial charge in [-0.1, -0.05) is 47.5 Å². The molecular formula is C31H31Cl2F2N2O7S2+. The van der Waals surface area contributed by atoms with Crippen molar-refractivity contribution in [2.24, 2.45) is 5.92 Å². The van der Waals surface area contributed by atoms with Crippen molar-refractivity contribution in [3.8, 4) is 11.5 Å². The average Bonchev–Trinajstić information content (AvgIpc) is 3.73. The molecule has 9 nitrogen and oxygen atoms in total. The Morgan fingerprint density at radius 1 is 1.04 bits per heavy atom. The number of hydrogen-bond donors (Lipinski definition) is 0. The van der Waals surface area contributed by atoms with E-state index in [0.29, 0.717) is 29.4 Å². The zero-order chi connectivity index (χ0) is 32.8. The maximum absolute atomic E-state index is 13.7. The van der Waals surface area contributed by atoms with Gasteiger partial charge in [0.25, 0.3) is 0 Å². The van der Waals surface area contributed by atoms with E-state index >= 15 is 0 Å². The smallest absolute Gasteiger partial charge is 0.387 e. The minimum absolute atomic E-state index is 0.00978. The van der Waals surface area contributed by atoms with E-state index in [1.165, 1.54) is 59.4 Å². The van der Waals surface area contributed by atoms with Crippen LogP contribution in [0.25, 0.3) is 0 Å². The number of alkyl halides is 2. The Labute approximate surface area is 279 Å². The van der Waals surface area contributed by atoms with Crippen molar-refractivity contribution in [1.29, 1.82) is 0 Å². The Hall–Kier alpha value is -3.13. The summed E-state index contributed by atoms with van der Waals surface area (Å²) >= 11 is 14.0. The third-order valence-corrected chi connectivity index (χ3v) is 11.1. The molecule has 2 aliphatic rings. The second kappa shape index (κ2) is 15.2. The summed E-state index contributed by atoms with van der Waals surface area (Å²) in [5.41, 5.74) is 0.863. The molecule has 1 amide bonds. The molecule has 1 aliphatic heterocycles. The van der Waals surface area contributed by atoms with E-state index in [9.17, 15) is 26.8 Å². The lowest BCUT2D eigenvalue weighted by Crippen LogP contribution is -2.41. The van der Waals surface area contributed by atoms with Crippen molar-refractivity contribution in [1.82, 2.24) is 4.90 Å². The lowest BCUT2D eigenvalue weighted by molar-refractivity contribution is -0.377. The first-order chi connectivity index (χ1) is 22.0. The number of esters is 1. The van der Waals surface area contributed by atoms with E-state index < -0.39 is 45.6 Å². The zero-order valence-corrected chi connectivity index (χ0v) is 27.5. The fraction of sp³-hybridized carbons (Fsp3) is 0.387. The summed E-state index contributed by atoms with van der Waals surface area (Å²) in [6, 6.07) is 12.1. The number of sulfone groups is 1. The fourth-order valence-corrected chi connectivity index (χ4v) is 7.74. The average molecular weight is 717 g/mol. The predicted octanol–water partition coefficient (Wildman–Crippen LogP) is 5.79. The van der Waals surface area contributed by atoms with Crippen LogP contribution in [0.1, 0.15) is 36.5 Å². The SMILES string of the molecule is O=C(O[C@@H](Cc1c(Cl)c[nH+]cc1Cl)c1ccc(OC(F)F)c(OCC2CC2)c1)[C@@H]1SCCN1C(=O)CCS(=O)(=O)c1ccccc1. The minimum Gasteiger partial charge on any atom is -0.489 e. The van der Waals surface area contributed by atoms with Gasteiger partial charge < -0.3 is 19.1 Å². The van der Waals surface area contributed by atoms with Crippen molar-refractivity contribution >= 4 is 56.7 Å². The van der Waals surface area contributed by atoms with Crippen LogP contribution in [0.3, 0.4) is 0 Å². The van der Waals surface area contributed by atoms with Gasteiger partial charge in [-0.15, -0.1) is 11.8 Å². The molecule has 1 saturated heterocycles. The molecule has 1 saturated carbocycles. The molecule has 2 aromatic carbocycles. The fourth-order valence-electron chi connectivity index (χ4n) is 4.84. The Balaban J connectivity index is 1.36. The van der Waals surface area contributed by atoms with Gasteiger partial charge in [0.15, 0.2) is 39.1 Å². The number of ether oxygens (including phenoxy) is 3. The number of hydrogen-bond acceptors (Lipinski definition) is 8. The summed E-state index contributed by atoms with van der Waals surface area (Å²) in [6.45, 7) is -2.54. The van der Waals surface area contributed by atoms with Crippen LogP contribution in [-0.4, -0.2) is 61.8 Å².